The molecule has 3 aromatic rings. The number of pyridine rings is 1. The van der Waals surface area contributed by atoms with Crippen LogP contribution in [0.25, 0.3) is 11.1 Å². The molecule has 2 heterocycles. The summed E-state index contributed by atoms with van der Waals surface area (Å²) in [5.74, 6) is -3.25. The van der Waals surface area contributed by atoms with E-state index in [1.54, 1.807) is 24.3 Å². The van der Waals surface area contributed by atoms with Gasteiger partial charge in [0.05, 0.1) is 25.5 Å². The predicted octanol–water partition coefficient (Wildman–Crippen LogP) is 1.21. The number of hydrogen-bond acceptors (Lipinski definition) is 6. The molecular formula is C24H21N3O7. The van der Waals surface area contributed by atoms with Crippen LogP contribution in [0.5, 0.6) is 5.75 Å². The van der Waals surface area contributed by atoms with Crippen molar-refractivity contribution in [3.63, 3.8) is 0 Å². The minimum Gasteiger partial charge on any atom is -0.506 e. The van der Waals surface area contributed by atoms with Crippen LogP contribution in [0.15, 0.2) is 53.3 Å². The van der Waals surface area contributed by atoms with Gasteiger partial charge in [-0.2, -0.15) is 0 Å². The lowest BCUT2D eigenvalue weighted by Crippen LogP contribution is -2.37. The van der Waals surface area contributed by atoms with Crippen LogP contribution in [-0.4, -0.2) is 39.1 Å². The highest BCUT2D eigenvalue weighted by Crippen LogP contribution is 2.30. The van der Waals surface area contributed by atoms with Gasteiger partial charge in [0.15, 0.2) is 0 Å². The number of fused-ring (bicyclic) bond motifs is 1. The number of nitrogens with zero attached hydrogens (tertiary/aromatic N) is 1. The highest BCUT2D eigenvalue weighted by atomic mass is 16.5. The number of carboxylic acid groups (broad SMARTS) is 1. The maximum Gasteiger partial charge on any atom is 0.322 e. The average Bonchev–Trinajstić information content (AvgIpc) is 3.31. The van der Waals surface area contributed by atoms with Crippen molar-refractivity contribution in [1.29, 1.82) is 0 Å². The van der Waals surface area contributed by atoms with Gasteiger partial charge >= 0.3 is 5.97 Å². The van der Waals surface area contributed by atoms with E-state index in [1.165, 1.54) is 4.57 Å². The van der Waals surface area contributed by atoms with Gasteiger partial charge < -0.3 is 30.6 Å². The zero-order valence-corrected chi connectivity index (χ0v) is 17.9. The molecule has 10 heteroatoms. The molecule has 0 bridgehead atoms. The molecule has 174 valence electrons. The van der Waals surface area contributed by atoms with Crippen molar-refractivity contribution in [2.24, 2.45) is 5.73 Å². The molecule has 0 saturated heterocycles. The number of carboxylic acids is 1. The van der Waals surface area contributed by atoms with Crippen molar-refractivity contribution in [2.75, 3.05) is 6.54 Å². The first-order valence-corrected chi connectivity index (χ1v) is 10.3. The highest BCUT2D eigenvalue weighted by molar-refractivity contribution is 5.98. The van der Waals surface area contributed by atoms with Gasteiger partial charge in [0.2, 0.25) is 5.91 Å². The molecule has 1 aliphatic rings. The van der Waals surface area contributed by atoms with Gasteiger partial charge in [0.25, 0.3) is 11.5 Å². The van der Waals surface area contributed by atoms with Gasteiger partial charge in [0, 0.05) is 11.1 Å². The summed E-state index contributed by atoms with van der Waals surface area (Å²) in [5.41, 5.74) is 7.74. The molecule has 0 radical (unpaired) electrons. The lowest BCUT2D eigenvalue weighted by Gasteiger charge is -2.16. The Kier molecular flexibility index (Phi) is 6.15. The number of rotatable bonds is 7. The first-order chi connectivity index (χ1) is 16.3. The second kappa shape index (κ2) is 9.20. The first kappa shape index (κ1) is 22.7. The third-order valence-electron chi connectivity index (χ3n) is 5.57. The van der Waals surface area contributed by atoms with Crippen molar-refractivity contribution < 1.29 is 29.3 Å². The highest BCUT2D eigenvalue weighted by Gasteiger charge is 2.29. The Balaban J connectivity index is 1.65. The summed E-state index contributed by atoms with van der Waals surface area (Å²) in [5, 5.41) is 21.4. The topological polar surface area (TPSA) is 161 Å². The van der Waals surface area contributed by atoms with E-state index in [0.29, 0.717) is 16.8 Å². The number of aromatic hydroxyl groups is 1. The van der Waals surface area contributed by atoms with Gasteiger partial charge in [-0.3, -0.25) is 19.2 Å². The maximum atomic E-state index is 13.1. The van der Waals surface area contributed by atoms with Crippen LogP contribution in [-0.2, 0) is 29.3 Å². The van der Waals surface area contributed by atoms with E-state index in [1.807, 2.05) is 24.3 Å². The fourth-order valence-corrected chi connectivity index (χ4v) is 3.80. The van der Waals surface area contributed by atoms with Crippen LogP contribution in [0.4, 0.5) is 0 Å². The Morgan fingerprint density at radius 1 is 1.00 bits per heavy atom. The van der Waals surface area contributed by atoms with E-state index in [9.17, 15) is 24.3 Å². The molecule has 0 saturated carbocycles. The van der Waals surface area contributed by atoms with Gasteiger partial charge in [-0.25, -0.2) is 0 Å². The number of ether oxygens (including phenoxy) is 1. The number of aliphatic carboxylic acids is 1. The molecule has 0 atom stereocenters. The number of carbonyl (C=O) groups is 3. The SMILES string of the molecule is NC(=O)c1ccc(-c2ccc(Cn3c4c(c(O)c(C(=O)NCC(=O)O)c3=O)COC4)cc2)cc1. The summed E-state index contributed by atoms with van der Waals surface area (Å²) in [7, 11) is 0. The van der Waals surface area contributed by atoms with Gasteiger partial charge in [-0.15, -0.1) is 0 Å². The summed E-state index contributed by atoms with van der Waals surface area (Å²) < 4.78 is 6.74. The molecule has 1 aliphatic heterocycles. The number of benzene rings is 2. The minimum atomic E-state index is -1.28. The summed E-state index contributed by atoms with van der Waals surface area (Å²) in [6, 6.07) is 14.2. The lowest BCUT2D eigenvalue weighted by molar-refractivity contribution is -0.135. The zero-order chi connectivity index (χ0) is 24.4. The van der Waals surface area contributed by atoms with Crippen LogP contribution in [0.2, 0.25) is 0 Å². The molecule has 2 amide bonds. The number of amides is 2. The van der Waals surface area contributed by atoms with Crippen molar-refractivity contribution in [3.05, 3.63) is 86.8 Å². The molecule has 0 fully saturated rings. The molecule has 10 nitrogen and oxygen atoms in total. The predicted molar refractivity (Wildman–Crippen MR) is 120 cm³/mol. The fourth-order valence-electron chi connectivity index (χ4n) is 3.80. The number of nitrogens with two attached hydrogens (primary N) is 1. The number of hydrogen-bond donors (Lipinski definition) is 4. The van der Waals surface area contributed by atoms with Crippen LogP contribution in [0.3, 0.4) is 0 Å². The molecule has 0 spiro atoms. The number of aromatic nitrogens is 1. The summed E-state index contributed by atoms with van der Waals surface area (Å²) in [6.07, 6.45) is 0. The quantitative estimate of drug-likeness (QED) is 0.409. The Labute approximate surface area is 193 Å². The fraction of sp³-hybridized carbons (Fsp3) is 0.167. The third kappa shape index (κ3) is 4.39. The second-order valence-corrected chi connectivity index (χ2v) is 7.75. The number of primary amides is 1. The van der Waals surface area contributed by atoms with Crippen molar-refractivity contribution >= 4 is 17.8 Å². The second-order valence-electron chi connectivity index (χ2n) is 7.75. The maximum absolute atomic E-state index is 13.1. The van der Waals surface area contributed by atoms with Crippen molar-refractivity contribution in [3.8, 4) is 16.9 Å². The van der Waals surface area contributed by atoms with Crippen LogP contribution in [0, 0.1) is 0 Å². The summed E-state index contributed by atoms with van der Waals surface area (Å²) in [4.78, 5) is 47.6. The Morgan fingerprint density at radius 3 is 2.21 bits per heavy atom. The van der Waals surface area contributed by atoms with Crippen LogP contribution in [0.1, 0.15) is 37.5 Å². The van der Waals surface area contributed by atoms with Crippen molar-refractivity contribution in [1.82, 2.24) is 9.88 Å². The molecular weight excluding hydrogens is 442 g/mol. The van der Waals surface area contributed by atoms with E-state index < -0.39 is 41.2 Å². The van der Waals surface area contributed by atoms with E-state index in [4.69, 9.17) is 15.6 Å². The molecule has 5 N–H and O–H groups in total. The van der Waals surface area contributed by atoms with Crippen molar-refractivity contribution in [2.45, 2.75) is 19.8 Å². The van der Waals surface area contributed by atoms with Crippen LogP contribution < -0.4 is 16.6 Å². The zero-order valence-electron chi connectivity index (χ0n) is 17.9. The van der Waals surface area contributed by atoms with Gasteiger partial charge in [0.1, 0.15) is 17.9 Å². The monoisotopic (exact) mass is 463 g/mol. The van der Waals surface area contributed by atoms with E-state index in [0.717, 1.165) is 16.7 Å². The standard InChI is InChI=1S/C24H21N3O7/c25-22(31)16-7-5-15(6-8-16)14-3-1-13(2-4-14)10-27-18-12-34-11-17(18)21(30)20(24(27)33)23(32)26-9-19(28)29/h1-8,30H,9-12H2,(H2,25,31)(H,26,32)(H,28,29). The number of carbonyl (C=O) groups excluding carboxylic acids is 2. The Morgan fingerprint density at radius 2 is 1.62 bits per heavy atom. The molecule has 1 aromatic heterocycles. The average molecular weight is 463 g/mol. The molecule has 0 aliphatic carbocycles. The summed E-state index contributed by atoms with van der Waals surface area (Å²) in [6.45, 7) is -0.446. The molecule has 0 unspecified atom stereocenters. The molecule has 2 aromatic carbocycles. The first-order valence-electron chi connectivity index (χ1n) is 10.3. The molecule has 4 rings (SSSR count). The smallest absolute Gasteiger partial charge is 0.322 e. The Bertz CT molecular complexity index is 1340. The third-order valence-corrected chi connectivity index (χ3v) is 5.57. The number of nitrogens with one attached hydrogen (secondary N) is 1. The van der Waals surface area contributed by atoms with E-state index in [2.05, 4.69) is 5.32 Å². The lowest BCUT2D eigenvalue weighted by atomic mass is 10.0. The van der Waals surface area contributed by atoms with Gasteiger partial charge in [-0.1, -0.05) is 36.4 Å². The molecule has 34 heavy (non-hydrogen) atoms. The largest absolute Gasteiger partial charge is 0.506 e. The van der Waals surface area contributed by atoms with Crippen LogP contribution >= 0.6 is 0 Å². The minimum absolute atomic E-state index is 0.0287. The Hall–Kier alpha value is -4.44. The van der Waals surface area contributed by atoms with E-state index in [-0.39, 0.29) is 19.8 Å². The summed E-state index contributed by atoms with van der Waals surface area (Å²) >= 11 is 0. The van der Waals surface area contributed by atoms with Gasteiger partial charge in [-0.05, 0) is 28.8 Å². The normalized spacial score (nSPS) is 12.2. The van der Waals surface area contributed by atoms with E-state index >= 15 is 0 Å².